The molecule has 0 atom stereocenters. The number of hydrogen-bond donors (Lipinski definition) is 2. The summed E-state index contributed by atoms with van der Waals surface area (Å²) in [6, 6.07) is 7.83. The Kier molecular flexibility index (Phi) is 5.50. The van der Waals surface area contributed by atoms with Crippen LogP contribution in [0.2, 0.25) is 0 Å². The second-order valence-corrected chi connectivity index (χ2v) is 7.17. The lowest BCUT2D eigenvalue weighted by Crippen LogP contribution is -2.33. The molecule has 0 aliphatic heterocycles. The van der Waals surface area contributed by atoms with Gasteiger partial charge >= 0.3 is 6.18 Å². The number of alkyl halides is 3. The monoisotopic (exact) mass is 427 g/mol. The van der Waals surface area contributed by atoms with Crippen molar-refractivity contribution < 1.29 is 18.0 Å². The molecule has 26 heavy (non-hydrogen) atoms. The lowest BCUT2D eigenvalue weighted by atomic mass is 9.85. The first-order valence-corrected chi connectivity index (χ1v) is 9.00. The van der Waals surface area contributed by atoms with Crippen LogP contribution in [0.4, 0.5) is 24.7 Å². The molecule has 0 unspecified atom stereocenters. The van der Waals surface area contributed by atoms with Crippen molar-refractivity contribution in [3.63, 3.8) is 0 Å². The summed E-state index contributed by atoms with van der Waals surface area (Å²) >= 11 is 3.30. The molecular weight excluding hydrogens is 411 g/mol. The van der Waals surface area contributed by atoms with Gasteiger partial charge in [0.2, 0.25) is 0 Å². The van der Waals surface area contributed by atoms with E-state index in [1.165, 1.54) is 0 Å². The van der Waals surface area contributed by atoms with E-state index < -0.39 is 23.2 Å². The van der Waals surface area contributed by atoms with Crippen LogP contribution in [-0.2, 0) is 6.18 Å². The number of amides is 1. The van der Waals surface area contributed by atoms with Crippen LogP contribution in [0.15, 0.2) is 41.0 Å². The molecule has 4 nitrogen and oxygen atoms in total. The Balaban J connectivity index is 1.82. The number of nitrogens with one attached hydrogen (secondary N) is 2. The summed E-state index contributed by atoms with van der Waals surface area (Å²) in [5.74, 6) is -0.365. The van der Waals surface area contributed by atoms with Gasteiger partial charge in [0.15, 0.2) is 0 Å². The highest BCUT2D eigenvalue weighted by molar-refractivity contribution is 9.10. The molecule has 0 spiro atoms. The van der Waals surface area contributed by atoms with Gasteiger partial charge < -0.3 is 10.6 Å². The standard InChI is InChI=1S/C18H17BrF3N3O/c19-12-5-2-6-13(7-12)25-16-8-15(18(20,21)22)14(10-23-16)17(26)24-9-11-3-1-4-11/h2,5-8,10-11H,1,3-4,9H2,(H,23,25)(H,24,26). The number of aromatic nitrogens is 1. The number of rotatable bonds is 5. The lowest BCUT2D eigenvalue weighted by Gasteiger charge is -2.25. The van der Waals surface area contributed by atoms with Gasteiger partial charge in [-0.15, -0.1) is 0 Å². The predicted octanol–water partition coefficient (Wildman–Crippen LogP) is 5.14. The van der Waals surface area contributed by atoms with Crippen LogP contribution in [0.5, 0.6) is 0 Å². The number of nitrogens with zero attached hydrogens (tertiary/aromatic N) is 1. The molecule has 1 heterocycles. The van der Waals surface area contributed by atoms with Crippen LogP contribution in [0.1, 0.15) is 35.2 Å². The average molecular weight is 428 g/mol. The fourth-order valence-electron chi connectivity index (χ4n) is 2.68. The van der Waals surface area contributed by atoms with Gasteiger partial charge in [-0.3, -0.25) is 4.79 Å². The first-order chi connectivity index (χ1) is 12.3. The SMILES string of the molecule is O=C(NCC1CCC1)c1cnc(Nc2cccc(Br)c2)cc1C(F)(F)F. The third kappa shape index (κ3) is 4.55. The minimum atomic E-state index is -4.65. The van der Waals surface area contributed by atoms with E-state index in [0.717, 1.165) is 36.0 Å². The van der Waals surface area contributed by atoms with Crippen LogP contribution in [0.25, 0.3) is 0 Å². The molecule has 0 bridgehead atoms. The first kappa shape index (κ1) is 18.7. The molecule has 8 heteroatoms. The summed E-state index contributed by atoms with van der Waals surface area (Å²) in [4.78, 5) is 16.2. The van der Waals surface area contributed by atoms with Gasteiger partial charge in [0.05, 0.1) is 11.1 Å². The van der Waals surface area contributed by atoms with Crippen LogP contribution in [0.3, 0.4) is 0 Å². The Labute approximate surface area is 157 Å². The smallest absolute Gasteiger partial charge is 0.352 e. The number of benzene rings is 1. The average Bonchev–Trinajstić information content (AvgIpc) is 2.52. The van der Waals surface area contributed by atoms with E-state index in [0.29, 0.717) is 18.2 Å². The Morgan fingerprint density at radius 1 is 1.27 bits per heavy atom. The summed E-state index contributed by atoms with van der Waals surface area (Å²) in [5.41, 5.74) is -0.880. The first-order valence-electron chi connectivity index (χ1n) is 8.21. The van der Waals surface area contributed by atoms with E-state index in [4.69, 9.17) is 0 Å². The summed E-state index contributed by atoms with van der Waals surface area (Å²) in [6.07, 6.45) is -0.578. The van der Waals surface area contributed by atoms with Crippen molar-refractivity contribution in [1.29, 1.82) is 0 Å². The molecule has 1 saturated carbocycles. The lowest BCUT2D eigenvalue weighted by molar-refractivity contribution is -0.137. The van der Waals surface area contributed by atoms with Gasteiger partial charge in [-0.05, 0) is 43.0 Å². The summed E-state index contributed by atoms with van der Waals surface area (Å²) in [5, 5.41) is 5.40. The van der Waals surface area contributed by atoms with Crippen LogP contribution in [0, 0.1) is 5.92 Å². The summed E-state index contributed by atoms with van der Waals surface area (Å²) in [7, 11) is 0. The second kappa shape index (κ2) is 7.65. The minimum absolute atomic E-state index is 0.0194. The van der Waals surface area contributed by atoms with E-state index in [-0.39, 0.29) is 5.82 Å². The van der Waals surface area contributed by atoms with Gasteiger partial charge in [0.25, 0.3) is 5.91 Å². The summed E-state index contributed by atoms with van der Waals surface area (Å²) < 4.78 is 41.1. The normalized spacial score (nSPS) is 14.6. The van der Waals surface area contributed by atoms with Crippen LogP contribution < -0.4 is 10.6 Å². The highest BCUT2D eigenvalue weighted by Gasteiger charge is 2.36. The van der Waals surface area contributed by atoms with Crippen molar-refractivity contribution in [3.8, 4) is 0 Å². The Morgan fingerprint density at radius 2 is 2.04 bits per heavy atom. The zero-order chi connectivity index (χ0) is 18.7. The van der Waals surface area contributed by atoms with Crippen molar-refractivity contribution in [3.05, 3.63) is 52.1 Å². The Bertz CT molecular complexity index is 807. The molecule has 1 fully saturated rings. The van der Waals surface area contributed by atoms with E-state index in [1.54, 1.807) is 24.3 Å². The maximum absolute atomic E-state index is 13.4. The van der Waals surface area contributed by atoms with Gasteiger partial charge in [-0.25, -0.2) is 4.98 Å². The quantitative estimate of drug-likeness (QED) is 0.694. The van der Waals surface area contributed by atoms with Gasteiger partial charge in [-0.2, -0.15) is 13.2 Å². The molecule has 1 aliphatic carbocycles. The third-order valence-electron chi connectivity index (χ3n) is 4.33. The van der Waals surface area contributed by atoms with E-state index >= 15 is 0 Å². The molecule has 3 rings (SSSR count). The Hall–Kier alpha value is -2.09. The van der Waals surface area contributed by atoms with Crippen molar-refractivity contribution in [2.24, 2.45) is 5.92 Å². The fraction of sp³-hybridized carbons (Fsp3) is 0.333. The molecule has 1 aliphatic rings. The fourth-order valence-corrected chi connectivity index (χ4v) is 3.08. The highest BCUT2D eigenvalue weighted by atomic mass is 79.9. The maximum atomic E-state index is 13.4. The molecule has 0 saturated heterocycles. The molecule has 2 N–H and O–H groups in total. The largest absolute Gasteiger partial charge is 0.417 e. The van der Waals surface area contributed by atoms with Crippen molar-refractivity contribution in [1.82, 2.24) is 10.3 Å². The van der Waals surface area contributed by atoms with Gasteiger partial charge in [0, 0.05) is 22.9 Å². The second-order valence-electron chi connectivity index (χ2n) is 6.26. The summed E-state index contributed by atoms with van der Waals surface area (Å²) in [6.45, 7) is 0.397. The van der Waals surface area contributed by atoms with Gasteiger partial charge in [0.1, 0.15) is 5.82 Å². The van der Waals surface area contributed by atoms with Gasteiger partial charge in [-0.1, -0.05) is 28.4 Å². The van der Waals surface area contributed by atoms with Crippen LogP contribution in [-0.4, -0.2) is 17.4 Å². The predicted molar refractivity (Wildman–Crippen MR) is 96.3 cm³/mol. The molecular formula is C18H17BrF3N3O. The minimum Gasteiger partial charge on any atom is -0.352 e. The number of carbonyl (C=O) groups is 1. The zero-order valence-electron chi connectivity index (χ0n) is 13.7. The number of hydrogen-bond acceptors (Lipinski definition) is 3. The zero-order valence-corrected chi connectivity index (χ0v) is 15.3. The molecule has 2 aromatic rings. The Morgan fingerprint density at radius 3 is 2.65 bits per heavy atom. The van der Waals surface area contributed by atoms with Crippen molar-refractivity contribution in [2.45, 2.75) is 25.4 Å². The highest BCUT2D eigenvalue weighted by Crippen LogP contribution is 2.34. The van der Waals surface area contributed by atoms with E-state index in [9.17, 15) is 18.0 Å². The molecule has 0 radical (unpaired) electrons. The van der Waals surface area contributed by atoms with Crippen molar-refractivity contribution in [2.75, 3.05) is 11.9 Å². The third-order valence-corrected chi connectivity index (χ3v) is 4.82. The van der Waals surface area contributed by atoms with E-state index in [1.807, 2.05) is 0 Å². The van der Waals surface area contributed by atoms with E-state index in [2.05, 4.69) is 31.5 Å². The number of halogens is 4. The van der Waals surface area contributed by atoms with Crippen LogP contribution >= 0.6 is 15.9 Å². The molecule has 1 amide bonds. The van der Waals surface area contributed by atoms with Crippen molar-refractivity contribution >= 4 is 33.3 Å². The number of pyridine rings is 1. The maximum Gasteiger partial charge on any atom is 0.417 e. The molecule has 1 aromatic carbocycles. The number of carbonyl (C=O) groups excluding carboxylic acids is 1. The molecule has 1 aromatic heterocycles. The number of anilines is 2. The topological polar surface area (TPSA) is 54.0 Å². The molecule has 138 valence electrons.